The Morgan fingerprint density at radius 3 is 2.48 bits per heavy atom. The number of aliphatic hydroxyl groups is 2. The molecule has 0 amide bonds. The van der Waals surface area contributed by atoms with E-state index in [1.54, 1.807) is 0 Å². The summed E-state index contributed by atoms with van der Waals surface area (Å²) in [5.41, 5.74) is 0. The highest BCUT2D eigenvalue weighted by Gasteiger charge is 2.41. The monoisotopic (exact) mass is 326 g/mol. The van der Waals surface area contributed by atoms with Gasteiger partial charge in [-0.15, -0.1) is 0 Å². The molecule has 23 heavy (non-hydrogen) atoms. The predicted molar refractivity (Wildman–Crippen MR) is 90.0 cm³/mol. The summed E-state index contributed by atoms with van der Waals surface area (Å²) in [5, 5.41) is 28.5. The van der Waals surface area contributed by atoms with E-state index in [2.05, 4.69) is 13.8 Å². The Bertz CT molecular complexity index is 384. The molecule has 0 radical (unpaired) electrons. The Balaban J connectivity index is 1.85. The van der Waals surface area contributed by atoms with Crippen LogP contribution in [-0.4, -0.2) is 33.5 Å². The number of carbonyl (C=O) groups is 1. The molecule has 7 atom stereocenters. The van der Waals surface area contributed by atoms with Crippen LogP contribution in [0.25, 0.3) is 0 Å². The van der Waals surface area contributed by atoms with Crippen molar-refractivity contribution in [2.45, 2.75) is 83.8 Å². The zero-order valence-electron chi connectivity index (χ0n) is 14.7. The molecule has 134 valence electrons. The molecule has 2 aliphatic rings. The summed E-state index contributed by atoms with van der Waals surface area (Å²) in [6.45, 7) is 4.75. The van der Waals surface area contributed by atoms with Gasteiger partial charge in [0.25, 0.3) is 0 Å². The summed E-state index contributed by atoms with van der Waals surface area (Å²) in [6, 6.07) is 0. The first-order chi connectivity index (χ1) is 10.9. The molecule has 0 aliphatic heterocycles. The number of hydrogen-bond acceptors (Lipinski definition) is 3. The highest BCUT2D eigenvalue weighted by Crippen LogP contribution is 2.50. The minimum absolute atomic E-state index is 0.178. The van der Waals surface area contributed by atoms with E-state index in [4.69, 9.17) is 5.11 Å². The fraction of sp³-hybridized carbons (Fsp3) is 0.947. The molecule has 4 nitrogen and oxygen atoms in total. The van der Waals surface area contributed by atoms with Crippen molar-refractivity contribution in [2.24, 2.45) is 29.6 Å². The van der Waals surface area contributed by atoms with Gasteiger partial charge in [0.2, 0.25) is 0 Å². The maximum Gasteiger partial charge on any atom is 0.305 e. The van der Waals surface area contributed by atoms with E-state index < -0.39 is 18.2 Å². The number of carboxylic acid groups (broad SMARTS) is 1. The number of fused-ring (bicyclic) bond motifs is 1. The Morgan fingerprint density at radius 2 is 1.78 bits per heavy atom. The molecule has 2 aliphatic carbocycles. The van der Waals surface area contributed by atoms with Gasteiger partial charge in [0, 0.05) is 0 Å². The average molecular weight is 326 g/mol. The van der Waals surface area contributed by atoms with Crippen molar-refractivity contribution in [1.29, 1.82) is 0 Å². The molecule has 2 rings (SSSR count). The molecule has 3 N–H and O–H groups in total. The van der Waals surface area contributed by atoms with Gasteiger partial charge in [-0.2, -0.15) is 0 Å². The Morgan fingerprint density at radius 1 is 1.04 bits per heavy atom. The molecule has 0 bridgehead atoms. The summed E-state index contributed by atoms with van der Waals surface area (Å²) in [4.78, 5) is 10.6. The molecular weight excluding hydrogens is 292 g/mol. The highest BCUT2D eigenvalue weighted by atomic mass is 16.4. The average Bonchev–Trinajstić information content (AvgIpc) is 2.45. The van der Waals surface area contributed by atoms with E-state index in [1.165, 1.54) is 32.1 Å². The maximum absolute atomic E-state index is 10.6. The zero-order chi connectivity index (χ0) is 17.0. The van der Waals surface area contributed by atoms with Gasteiger partial charge in [-0.25, -0.2) is 0 Å². The topological polar surface area (TPSA) is 77.8 Å². The van der Waals surface area contributed by atoms with Crippen molar-refractivity contribution in [3.05, 3.63) is 0 Å². The fourth-order valence-corrected chi connectivity index (χ4v) is 5.31. The van der Waals surface area contributed by atoms with Crippen molar-refractivity contribution in [3.8, 4) is 0 Å². The summed E-state index contributed by atoms with van der Waals surface area (Å²) in [7, 11) is 0. The summed E-state index contributed by atoms with van der Waals surface area (Å²) in [5.74, 6) is 2.84. The molecule has 1 unspecified atom stereocenters. The van der Waals surface area contributed by atoms with Crippen molar-refractivity contribution in [3.63, 3.8) is 0 Å². The third kappa shape index (κ3) is 5.18. The lowest BCUT2D eigenvalue weighted by molar-refractivity contribution is -0.139. The maximum atomic E-state index is 10.6. The van der Waals surface area contributed by atoms with Crippen LogP contribution in [0.15, 0.2) is 0 Å². The van der Waals surface area contributed by atoms with Crippen LogP contribution in [0.1, 0.15) is 71.6 Å². The van der Waals surface area contributed by atoms with E-state index in [9.17, 15) is 15.0 Å². The van der Waals surface area contributed by atoms with Crippen LogP contribution in [0, 0.1) is 29.6 Å². The van der Waals surface area contributed by atoms with E-state index >= 15 is 0 Å². The lowest BCUT2D eigenvalue weighted by Crippen LogP contribution is -2.40. The summed E-state index contributed by atoms with van der Waals surface area (Å²) < 4.78 is 0. The third-order valence-corrected chi connectivity index (χ3v) is 6.44. The van der Waals surface area contributed by atoms with Crippen LogP contribution < -0.4 is 0 Å². The molecule has 2 fully saturated rings. The van der Waals surface area contributed by atoms with Gasteiger partial charge in [0.05, 0.1) is 18.6 Å². The number of hydrogen-bond donors (Lipinski definition) is 3. The lowest BCUT2D eigenvalue weighted by atomic mass is 9.57. The molecule has 0 aromatic rings. The molecule has 0 saturated heterocycles. The second-order valence-corrected chi connectivity index (χ2v) is 8.18. The van der Waals surface area contributed by atoms with E-state index in [-0.39, 0.29) is 12.8 Å². The first-order valence-electron chi connectivity index (χ1n) is 9.46. The van der Waals surface area contributed by atoms with Gasteiger partial charge in [-0.1, -0.05) is 39.5 Å². The second-order valence-electron chi connectivity index (χ2n) is 8.18. The second kappa shape index (κ2) is 8.48. The third-order valence-electron chi connectivity index (χ3n) is 6.44. The molecule has 2 saturated carbocycles. The van der Waals surface area contributed by atoms with Crippen LogP contribution in [0.3, 0.4) is 0 Å². The SMILES string of the molecule is C[C@H]1CCC[C@H]2CC[C@H](C)[C@H](CC[C@@H](O)C[C@@H](O)CC(=O)O)C21. The quantitative estimate of drug-likeness (QED) is 0.669. The molecule has 0 aromatic heterocycles. The van der Waals surface area contributed by atoms with Crippen molar-refractivity contribution in [1.82, 2.24) is 0 Å². The molecule has 0 aromatic carbocycles. The minimum atomic E-state index is -1.01. The number of rotatable bonds is 7. The van der Waals surface area contributed by atoms with Gasteiger partial charge in [0.15, 0.2) is 0 Å². The predicted octanol–water partition coefficient (Wildman–Crippen LogP) is 3.45. The summed E-state index contributed by atoms with van der Waals surface area (Å²) >= 11 is 0. The van der Waals surface area contributed by atoms with E-state index in [0.29, 0.717) is 18.3 Å². The van der Waals surface area contributed by atoms with Crippen LogP contribution in [0.5, 0.6) is 0 Å². The summed E-state index contributed by atoms with van der Waals surface area (Å²) in [6.07, 6.45) is 6.81. The van der Waals surface area contributed by atoms with Crippen molar-refractivity contribution >= 4 is 5.97 Å². The van der Waals surface area contributed by atoms with Gasteiger partial charge >= 0.3 is 5.97 Å². The van der Waals surface area contributed by atoms with Crippen LogP contribution >= 0.6 is 0 Å². The fourth-order valence-electron chi connectivity index (χ4n) is 5.31. The minimum Gasteiger partial charge on any atom is -0.481 e. The van der Waals surface area contributed by atoms with Gasteiger partial charge < -0.3 is 15.3 Å². The molecular formula is C19H34O4. The number of carboxylic acids is 1. The van der Waals surface area contributed by atoms with Crippen LogP contribution in [0.2, 0.25) is 0 Å². The first kappa shape index (κ1) is 18.7. The Labute approximate surface area is 140 Å². The lowest BCUT2D eigenvalue weighted by Gasteiger charge is -2.48. The first-order valence-corrected chi connectivity index (χ1v) is 9.46. The van der Waals surface area contributed by atoms with Crippen molar-refractivity contribution < 1.29 is 20.1 Å². The van der Waals surface area contributed by atoms with Gasteiger partial charge in [-0.3, -0.25) is 4.79 Å². The van der Waals surface area contributed by atoms with Crippen LogP contribution in [-0.2, 0) is 4.79 Å². The number of aliphatic hydroxyl groups excluding tert-OH is 2. The van der Waals surface area contributed by atoms with E-state index in [1.807, 2.05) is 0 Å². The zero-order valence-corrected chi connectivity index (χ0v) is 14.7. The molecule has 0 heterocycles. The largest absolute Gasteiger partial charge is 0.481 e. The standard InChI is InChI=1S/C19H34O4/c1-12-6-7-14-5-3-4-13(2)19(14)17(12)9-8-15(20)10-16(21)11-18(22)23/h12-17,19-21H,3-11H2,1-2H3,(H,22,23)/t12-,13-,14-,15+,16+,17-,19?/m0/s1. The normalized spacial score (nSPS) is 37.0. The Hall–Kier alpha value is -0.610. The van der Waals surface area contributed by atoms with Crippen molar-refractivity contribution in [2.75, 3.05) is 0 Å². The van der Waals surface area contributed by atoms with Gasteiger partial charge in [0.1, 0.15) is 0 Å². The molecule has 0 spiro atoms. The Kier molecular flexibility index (Phi) is 6.90. The smallest absolute Gasteiger partial charge is 0.305 e. The van der Waals surface area contributed by atoms with Crippen LogP contribution in [0.4, 0.5) is 0 Å². The van der Waals surface area contributed by atoms with E-state index in [0.717, 1.165) is 24.2 Å². The van der Waals surface area contributed by atoms with Gasteiger partial charge in [-0.05, 0) is 55.3 Å². The number of aliphatic carboxylic acids is 1. The highest BCUT2D eigenvalue weighted by molar-refractivity contribution is 5.67. The molecule has 4 heteroatoms.